The molecule has 126 valence electrons. The van der Waals surface area contributed by atoms with Crippen LogP contribution >= 0.6 is 0 Å². The van der Waals surface area contributed by atoms with Crippen molar-refractivity contribution < 1.29 is 4.79 Å². The van der Waals surface area contributed by atoms with Crippen molar-refractivity contribution in [2.45, 2.75) is 26.4 Å². The van der Waals surface area contributed by atoms with Crippen molar-refractivity contribution in [1.29, 1.82) is 0 Å². The molecule has 0 aliphatic rings. The number of nitrogens with zero attached hydrogens (tertiary/aromatic N) is 3. The number of aromatic nitrogens is 1. The van der Waals surface area contributed by atoms with E-state index in [1.54, 1.807) is 4.90 Å². The van der Waals surface area contributed by atoms with E-state index in [2.05, 4.69) is 52.0 Å². The Morgan fingerprint density at radius 1 is 1.26 bits per heavy atom. The largest absolute Gasteiger partial charge is 0.343 e. The Labute approximate surface area is 138 Å². The highest BCUT2D eigenvalue weighted by molar-refractivity contribution is 5.81. The van der Waals surface area contributed by atoms with E-state index in [-0.39, 0.29) is 12.1 Å². The topological polar surface area (TPSA) is 40.5 Å². The zero-order valence-corrected chi connectivity index (χ0v) is 14.8. The fourth-order valence-electron chi connectivity index (χ4n) is 2.91. The SMILES string of the molecule is Cc1cc2ccccc2n1CCN(C)C(=O)NC(C)CN(C)C. The van der Waals surface area contributed by atoms with Gasteiger partial charge in [0.2, 0.25) is 0 Å². The van der Waals surface area contributed by atoms with Gasteiger partial charge >= 0.3 is 6.03 Å². The molecule has 0 bridgehead atoms. The van der Waals surface area contributed by atoms with Crippen molar-refractivity contribution in [2.24, 2.45) is 0 Å². The van der Waals surface area contributed by atoms with Crippen molar-refractivity contribution in [3.8, 4) is 0 Å². The summed E-state index contributed by atoms with van der Waals surface area (Å²) >= 11 is 0. The van der Waals surface area contributed by atoms with Gasteiger partial charge in [-0.15, -0.1) is 0 Å². The van der Waals surface area contributed by atoms with Crippen LogP contribution in [0.2, 0.25) is 0 Å². The van der Waals surface area contributed by atoms with Crippen LogP contribution < -0.4 is 5.32 Å². The summed E-state index contributed by atoms with van der Waals surface area (Å²) in [4.78, 5) is 16.1. The summed E-state index contributed by atoms with van der Waals surface area (Å²) in [6.07, 6.45) is 0. The molecule has 0 aliphatic heterocycles. The highest BCUT2D eigenvalue weighted by Gasteiger charge is 2.13. The van der Waals surface area contributed by atoms with Crippen molar-refractivity contribution in [3.63, 3.8) is 0 Å². The average molecular weight is 316 g/mol. The van der Waals surface area contributed by atoms with E-state index >= 15 is 0 Å². The summed E-state index contributed by atoms with van der Waals surface area (Å²) in [6, 6.07) is 10.7. The second kappa shape index (κ2) is 7.51. The maximum atomic E-state index is 12.2. The number of likely N-dealkylation sites (N-methyl/N-ethyl adjacent to an activating group) is 2. The predicted molar refractivity (Wildman–Crippen MR) is 95.9 cm³/mol. The molecular weight excluding hydrogens is 288 g/mol. The number of nitrogens with one attached hydrogen (secondary N) is 1. The van der Waals surface area contributed by atoms with Gasteiger partial charge in [-0.3, -0.25) is 0 Å². The predicted octanol–water partition coefficient (Wildman–Crippen LogP) is 2.54. The Kier molecular flexibility index (Phi) is 5.66. The first-order valence-corrected chi connectivity index (χ1v) is 8.09. The molecule has 1 aromatic carbocycles. The molecule has 5 heteroatoms. The molecule has 2 amide bonds. The van der Waals surface area contributed by atoms with Crippen LogP contribution in [0, 0.1) is 6.92 Å². The molecule has 0 saturated carbocycles. The number of urea groups is 1. The lowest BCUT2D eigenvalue weighted by molar-refractivity contribution is 0.201. The summed E-state index contributed by atoms with van der Waals surface area (Å²) in [7, 11) is 5.86. The minimum atomic E-state index is -0.0199. The Bertz CT molecular complexity index is 662. The molecule has 0 fully saturated rings. The number of amides is 2. The summed E-state index contributed by atoms with van der Waals surface area (Å²) in [6.45, 7) is 6.45. The first kappa shape index (κ1) is 17.3. The van der Waals surface area contributed by atoms with E-state index in [0.29, 0.717) is 6.54 Å². The molecule has 23 heavy (non-hydrogen) atoms. The Balaban J connectivity index is 1.94. The zero-order valence-electron chi connectivity index (χ0n) is 14.8. The minimum absolute atomic E-state index is 0.0199. The number of carbonyl (C=O) groups excluding carboxylic acids is 1. The molecule has 1 atom stereocenters. The minimum Gasteiger partial charge on any atom is -0.343 e. The molecular formula is C18H28N4O. The quantitative estimate of drug-likeness (QED) is 0.890. The summed E-state index contributed by atoms with van der Waals surface area (Å²) in [5, 5.41) is 4.28. The smallest absolute Gasteiger partial charge is 0.317 e. The third-order valence-electron chi connectivity index (χ3n) is 4.03. The van der Waals surface area contributed by atoms with Crippen LogP contribution in [0.5, 0.6) is 0 Å². The molecule has 0 saturated heterocycles. The van der Waals surface area contributed by atoms with Crippen LogP contribution in [-0.4, -0.2) is 60.7 Å². The molecule has 1 aromatic heterocycles. The highest BCUT2D eigenvalue weighted by atomic mass is 16.2. The lowest BCUT2D eigenvalue weighted by atomic mass is 10.2. The fraction of sp³-hybridized carbons (Fsp3) is 0.500. The van der Waals surface area contributed by atoms with Crippen molar-refractivity contribution in [1.82, 2.24) is 19.7 Å². The second-order valence-electron chi connectivity index (χ2n) is 6.53. The van der Waals surface area contributed by atoms with Crippen LogP contribution in [-0.2, 0) is 6.54 Å². The van der Waals surface area contributed by atoms with Crippen LogP contribution in [0.3, 0.4) is 0 Å². The molecule has 2 rings (SSSR count). The maximum absolute atomic E-state index is 12.2. The number of carbonyl (C=O) groups is 1. The summed E-state index contributed by atoms with van der Waals surface area (Å²) in [5.74, 6) is 0. The van der Waals surface area contributed by atoms with Crippen LogP contribution in [0.25, 0.3) is 10.9 Å². The van der Waals surface area contributed by atoms with Gasteiger partial charge in [-0.1, -0.05) is 18.2 Å². The molecule has 0 aliphatic carbocycles. The van der Waals surface area contributed by atoms with Gasteiger partial charge in [0.1, 0.15) is 0 Å². The Morgan fingerprint density at radius 2 is 1.96 bits per heavy atom. The Hall–Kier alpha value is -2.01. The molecule has 1 heterocycles. The molecule has 2 aromatic rings. The van der Waals surface area contributed by atoms with Crippen molar-refractivity contribution >= 4 is 16.9 Å². The first-order chi connectivity index (χ1) is 10.9. The number of benzene rings is 1. The van der Waals surface area contributed by atoms with E-state index in [1.165, 1.54) is 16.6 Å². The van der Waals surface area contributed by atoms with Gasteiger partial charge in [-0.05, 0) is 45.5 Å². The van der Waals surface area contributed by atoms with Crippen molar-refractivity contribution in [2.75, 3.05) is 34.2 Å². The van der Waals surface area contributed by atoms with E-state index in [9.17, 15) is 4.79 Å². The van der Waals surface area contributed by atoms with Gasteiger partial charge in [-0.25, -0.2) is 4.79 Å². The average Bonchev–Trinajstić information content (AvgIpc) is 2.79. The van der Waals surface area contributed by atoms with Gasteiger partial charge in [-0.2, -0.15) is 0 Å². The van der Waals surface area contributed by atoms with Gasteiger partial charge in [0, 0.05) is 43.9 Å². The normalized spacial score (nSPS) is 12.6. The summed E-state index contributed by atoms with van der Waals surface area (Å²) in [5.41, 5.74) is 2.45. The van der Waals surface area contributed by atoms with E-state index in [4.69, 9.17) is 0 Å². The van der Waals surface area contributed by atoms with Crippen molar-refractivity contribution in [3.05, 3.63) is 36.0 Å². The highest BCUT2D eigenvalue weighted by Crippen LogP contribution is 2.18. The zero-order chi connectivity index (χ0) is 17.0. The molecule has 0 spiro atoms. The Morgan fingerprint density at radius 3 is 2.65 bits per heavy atom. The van der Waals surface area contributed by atoms with Crippen LogP contribution in [0.1, 0.15) is 12.6 Å². The maximum Gasteiger partial charge on any atom is 0.317 e. The lowest BCUT2D eigenvalue weighted by Crippen LogP contribution is -2.46. The molecule has 1 N–H and O–H groups in total. The number of hydrogen-bond donors (Lipinski definition) is 1. The van der Waals surface area contributed by atoms with E-state index in [0.717, 1.165) is 13.1 Å². The van der Waals surface area contributed by atoms with Crippen LogP contribution in [0.15, 0.2) is 30.3 Å². The second-order valence-corrected chi connectivity index (χ2v) is 6.53. The number of aryl methyl sites for hydroxylation is 1. The van der Waals surface area contributed by atoms with E-state index in [1.807, 2.05) is 28.1 Å². The monoisotopic (exact) mass is 316 g/mol. The summed E-state index contributed by atoms with van der Waals surface area (Å²) < 4.78 is 2.27. The molecule has 5 nitrogen and oxygen atoms in total. The number of para-hydroxylation sites is 1. The van der Waals surface area contributed by atoms with Gasteiger partial charge in [0.25, 0.3) is 0 Å². The molecule has 0 radical (unpaired) electrons. The third kappa shape index (κ3) is 4.48. The van der Waals surface area contributed by atoms with Gasteiger partial charge in [0.05, 0.1) is 0 Å². The third-order valence-corrected chi connectivity index (χ3v) is 4.03. The van der Waals surface area contributed by atoms with Crippen LogP contribution in [0.4, 0.5) is 4.79 Å². The fourth-order valence-corrected chi connectivity index (χ4v) is 2.91. The van der Waals surface area contributed by atoms with Gasteiger partial charge in [0.15, 0.2) is 0 Å². The lowest BCUT2D eigenvalue weighted by Gasteiger charge is -2.23. The number of rotatable bonds is 6. The number of hydrogen-bond acceptors (Lipinski definition) is 2. The van der Waals surface area contributed by atoms with Gasteiger partial charge < -0.3 is 19.7 Å². The first-order valence-electron chi connectivity index (χ1n) is 8.09. The molecule has 1 unspecified atom stereocenters. The number of fused-ring (bicyclic) bond motifs is 1. The standard InChI is InChI=1S/C18H28N4O/c1-14(13-20(3)4)19-18(23)21(5)10-11-22-15(2)12-16-8-6-7-9-17(16)22/h6-9,12,14H,10-11,13H2,1-5H3,(H,19,23). The van der Waals surface area contributed by atoms with E-state index < -0.39 is 0 Å².